The first-order valence-electron chi connectivity index (χ1n) is 24.6. The summed E-state index contributed by atoms with van der Waals surface area (Å²) >= 11 is 0. The van der Waals surface area contributed by atoms with E-state index in [2.05, 4.69) is 60.0 Å². The summed E-state index contributed by atoms with van der Waals surface area (Å²) in [5, 5.41) is 6.13. The lowest BCUT2D eigenvalue weighted by molar-refractivity contribution is -0.137. The van der Waals surface area contributed by atoms with Crippen LogP contribution in [0, 0.1) is 30.8 Å². The second-order valence-electron chi connectivity index (χ2n) is 15.9. The molecular formula is C50H95N10O10-. The van der Waals surface area contributed by atoms with Crippen LogP contribution in [0.15, 0.2) is 0 Å². The lowest BCUT2D eigenvalue weighted by Crippen LogP contribution is -2.44. The number of carbonyl (C=O) groups is 9. The number of primary amides is 5. The van der Waals surface area contributed by atoms with Crippen LogP contribution in [0.2, 0.25) is 0 Å². The number of ketones is 2. The van der Waals surface area contributed by atoms with Gasteiger partial charge in [0.15, 0.2) is 0 Å². The number of amides is 6. The smallest absolute Gasteiger partial charge is 0.319 e. The van der Waals surface area contributed by atoms with Crippen LogP contribution in [0.1, 0.15) is 185 Å². The zero-order valence-corrected chi connectivity index (χ0v) is 44.5. The average molecular weight is 996 g/mol. The van der Waals surface area contributed by atoms with Gasteiger partial charge in [-0.05, 0) is 91.1 Å². The van der Waals surface area contributed by atoms with Crippen LogP contribution in [0.5, 0.6) is 0 Å². The van der Waals surface area contributed by atoms with Gasteiger partial charge in [0.05, 0.1) is 24.2 Å². The van der Waals surface area contributed by atoms with Gasteiger partial charge in [0.25, 0.3) is 0 Å². The van der Waals surface area contributed by atoms with Crippen molar-refractivity contribution in [1.29, 1.82) is 0 Å². The van der Waals surface area contributed by atoms with Crippen molar-refractivity contribution in [2.24, 2.45) is 40.1 Å². The third-order valence-corrected chi connectivity index (χ3v) is 9.57. The minimum Gasteiger partial charge on any atom is -0.373 e. The Labute approximate surface area is 420 Å². The zero-order valence-electron chi connectivity index (χ0n) is 44.5. The summed E-state index contributed by atoms with van der Waals surface area (Å²) in [6, 6.07) is -1.70. The van der Waals surface area contributed by atoms with Gasteiger partial charge in [-0.15, -0.1) is 0 Å². The first-order valence-corrected chi connectivity index (χ1v) is 24.6. The molecule has 0 unspecified atom stereocenters. The monoisotopic (exact) mass is 996 g/mol. The number of likely N-dealkylation sites (tertiary alicyclic amines) is 1. The number of esters is 1. The molecule has 70 heavy (non-hydrogen) atoms. The predicted octanol–water partition coefficient (Wildman–Crippen LogP) is 2.81. The van der Waals surface area contributed by atoms with Gasteiger partial charge in [0, 0.05) is 32.2 Å². The van der Waals surface area contributed by atoms with E-state index in [1.54, 1.807) is 18.7 Å². The first kappa shape index (κ1) is 76.0. The van der Waals surface area contributed by atoms with Crippen molar-refractivity contribution >= 4 is 53.0 Å². The van der Waals surface area contributed by atoms with E-state index in [-0.39, 0.29) is 47.6 Å². The lowest BCUT2D eigenvalue weighted by Gasteiger charge is -2.23. The number of nitrogens with one attached hydrogen (secondary N) is 2. The van der Waals surface area contributed by atoms with Crippen molar-refractivity contribution < 1.29 is 47.9 Å². The number of hydrogen-bond acceptors (Lipinski definition) is 14. The average Bonchev–Trinajstić information content (AvgIpc) is 3.73. The van der Waals surface area contributed by atoms with E-state index < -0.39 is 29.8 Å². The second-order valence-corrected chi connectivity index (χ2v) is 15.9. The first-order chi connectivity index (χ1) is 32.9. The van der Waals surface area contributed by atoms with Crippen LogP contribution in [-0.2, 0) is 47.9 Å². The Bertz CT molecular complexity index is 1550. The molecule has 1 aliphatic rings. The van der Waals surface area contributed by atoms with Crippen LogP contribution in [-0.4, -0.2) is 108 Å². The molecule has 1 rings (SSSR count). The maximum Gasteiger partial charge on any atom is 0.319 e. The van der Waals surface area contributed by atoms with Crippen LogP contribution in [0.3, 0.4) is 0 Å². The van der Waals surface area contributed by atoms with E-state index in [0.29, 0.717) is 63.8 Å². The molecule has 16 N–H and O–H groups in total. The fourth-order valence-corrected chi connectivity index (χ4v) is 5.08. The van der Waals surface area contributed by atoms with Gasteiger partial charge in [0.1, 0.15) is 23.7 Å². The van der Waals surface area contributed by atoms with Gasteiger partial charge in [-0.25, -0.2) is 5.92 Å². The molecule has 1 heterocycles. The highest BCUT2D eigenvalue weighted by Gasteiger charge is 2.29. The Balaban J connectivity index is -0.000000173. The Hall–Kier alpha value is -5.54. The Morgan fingerprint density at radius 3 is 1.30 bits per heavy atom. The number of unbranched alkanes of at least 4 members (excludes halogenated alkanes) is 4. The normalized spacial score (nSPS) is 12.7. The van der Waals surface area contributed by atoms with E-state index in [9.17, 15) is 43.2 Å². The number of hydrogen-bond donors (Lipinski definition) is 9. The summed E-state index contributed by atoms with van der Waals surface area (Å²) in [5.74, 6) is 5.43. The molecule has 0 aliphatic carbocycles. The Morgan fingerprint density at radius 1 is 0.586 bits per heavy atom. The number of nitrogens with two attached hydrogens (primary N) is 7. The molecule has 20 heteroatoms. The van der Waals surface area contributed by atoms with Gasteiger partial charge in [-0.2, -0.15) is 6.92 Å². The highest BCUT2D eigenvalue weighted by Crippen LogP contribution is 2.15. The van der Waals surface area contributed by atoms with Crippen LogP contribution < -0.4 is 50.8 Å². The molecule has 20 nitrogen and oxygen atoms in total. The maximum absolute atomic E-state index is 11.2. The fourth-order valence-electron chi connectivity index (χ4n) is 5.08. The van der Waals surface area contributed by atoms with Gasteiger partial charge in [0.2, 0.25) is 35.4 Å². The second kappa shape index (κ2) is 54.4. The third-order valence-electron chi connectivity index (χ3n) is 9.57. The molecule has 0 aromatic carbocycles. The zero-order chi connectivity index (χ0) is 55.5. The van der Waals surface area contributed by atoms with Crippen molar-refractivity contribution in [3.63, 3.8) is 0 Å². The molecule has 1 aliphatic heterocycles. The largest absolute Gasteiger partial charge is 0.373 e. The van der Waals surface area contributed by atoms with Crippen molar-refractivity contribution in [3.8, 4) is 23.9 Å². The van der Waals surface area contributed by atoms with Crippen LogP contribution in [0.4, 0.5) is 0 Å². The van der Waals surface area contributed by atoms with Crippen LogP contribution >= 0.6 is 0 Å². The molecule has 6 amide bonds. The SMILES string of the molecule is CCCCC(C)=O.CCCCCN[C@@H](CC)C(N)=O.CC[C@@H](C(N)=O)N1CCCC1=O.CC[C@@H](N)C(N)=O.CC[C@@H](N)C(N)=O.CC[C@H](NCCCC(C)=O)C(N)=O.[CH2-]C#CC#COC(=O)CCCC. The number of ether oxygens (including phenoxy) is 1. The quantitative estimate of drug-likeness (QED) is 0.0247. The molecular weight excluding hydrogens is 901 g/mol. The standard InChI is InChI=1S/C10H11O2.C9H18N2O2.C9H20N2O.C8H14N2O2.C6H12O.2C4H10N2O/c1-3-5-7-9-12-10(11)8-6-4-2;1-3-8(9(10)13)11-6-4-5-7(2)12;1-3-5-6-7-11-8(4-2)9(10)12;1-2-6(8(9)12)10-5-3-4-7(10)11;1-3-4-5-6(2)7;2*1-2-3(5)4(6)7/h1,4,6,8H2,2H3;8,11H,3-6H2,1-2H3,(H2,10,13);8,11H,3-7H2,1-2H3,(H2,10,12);6H,2-5H2,1H3,(H2,9,12);3-5H2,1-2H3;2*3H,2,5H2,1H3,(H2,6,7)/q-1;;;;;;/t;2*8-;6-;;2*3-/m.000.11/s1. The predicted molar refractivity (Wildman–Crippen MR) is 278 cm³/mol. The highest BCUT2D eigenvalue weighted by molar-refractivity contribution is 5.87. The van der Waals surface area contributed by atoms with E-state index in [1.165, 1.54) is 12.8 Å². The minimum absolute atomic E-state index is 0.0562. The minimum atomic E-state index is -0.458. The third kappa shape index (κ3) is 55.1. The van der Waals surface area contributed by atoms with Crippen molar-refractivity contribution in [2.75, 3.05) is 19.6 Å². The number of carbonyl (C=O) groups excluding carboxylic acids is 9. The topological polar surface area (TPSA) is 372 Å². The molecule has 0 bridgehead atoms. The van der Waals surface area contributed by atoms with Crippen LogP contribution in [0.25, 0.3) is 0 Å². The molecule has 0 aromatic rings. The van der Waals surface area contributed by atoms with Gasteiger partial charge in [-0.3, -0.25) is 39.5 Å². The highest BCUT2D eigenvalue weighted by atomic mass is 16.5. The van der Waals surface area contributed by atoms with E-state index in [4.69, 9.17) is 40.1 Å². The number of rotatable bonds is 27. The van der Waals surface area contributed by atoms with Gasteiger partial charge in [-0.1, -0.05) is 87.0 Å². The Morgan fingerprint density at radius 2 is 1.01 bits per heavy atom. The summed E-state index contributed by atoms with van der Waals surface area (Å²) in [4.78, 5) is 96.8. The van der Waals surface area contributed by atoms with E-state index in [0.717, 1.165) is 64.3 Å². The summed E-state index contributed by atoms with van der Waals surface area (Å²) in [5.41, 5.74) is 35.3. The van der Waals surface area contributed by atoms with E-state index in [1.807, 2.05) is 41.5 Å². The molecule has 0 radical (unpaired) electrons. The number of Topliss-reactive ketones (excluding diaryl/α,β-unsaturated/α-hetero) is 2. The maximum atomic E-state index is 11.2. The molecule has 0 aromatic heterocycles. The summed E-state index contributed by atoms with van der Waals surface area (Å²) in [6.45, 7) is 24.3. The fraction of sp³-hybridized carbons (Fsp3) is 0.720. The summed E-state index contributed by atoms with van der Waals surface area (Å²) < 4.78 is 4.52. The van der Waals surface area contributed by atoms with E-state index >= 15 is 0 Å². The molecule has 0 spiro atoms. The lowest BCUT2D eigenvalue weighted by atomic mass is 10.2. The Kier molecular flexibility index (Phi) is 59.0. The van der Waals surface area contributed by atoms with Crippen molar-refractivity contribution in [1.82, 2.24) is 15.5 Å². The molecule has 1 fully saturated rings. The molecule has 1 saturated heterocycles. The number of nitrogens with zero attached hydrogens (tertiary/aromatic N) is 1. The molecule has 0 saturated carbocycles. The molecule has 5 atom stereocenters. The van der Waals surface area contributed by atoms with Gasteiger partial charge >= 0.3 is 5.97 Å². The summed E-state index contributed by atoms with van der Waals surface area (Å²) in [6.07, 6.45) is 16.9. The van der Waals surface area contributed by atoms with Crippen molar-refractivity contribution in [2.45, 2.75) is 215 Å². The van der Waals surface area contributed by atoms with Gasteiger partial charge < -0.3 is 70.0 Å². The van der Waals surface area contributed by atoms with Crippen molar-refractivity contribution in [3.05, 3.63) is 6.92 Å². The summed E-state index contributed by atoms with van der Waals surface area (Å²) in [7, 11) is 0. The molecule has 406 valence electrons.